The first kappa shape index (κ1) is 68.1. The number of aromatic nitrogens is 3. The van der Waals surface area contributed by atoms with Crippen LogP contribution < -0.4 is 36.6 Å². The molecule has 5 atom stereocenters. The van der Waals surface area contributed by atoms with E-state index >= 15 is 4.39 Å². The molecule has 6 N–H and O–H groups in total. The van der Waals surface area contributed by atoms with Crippen LogP contribution in [-0.4, -0.2) is 160 Å². The summed E-state index contributed by atoms with van der Waals surface area (Å²) < 4.78 is 58.2. The fourth-order valence-electron chi connectivity index (χ4n) is 11.8. The highest BCUT2D eigenvalue weighted by Gasteiger charge is 2.45. The van der Waals surface area contributed by atoms with Crippen molar-refractivity contribution in [1.29, 1.82) is 0 Å². The number of carbonyl (C=O) groups excluding carboxylic acids is 6. The summed E-state index contributed by atoms with van der Waals surface area (Å²) >= 11 is 1.56. The number of carbonyl (C=O) groups is 6. The zero-order valence-electron chi connectivity index (χ0n) is 52.3. The standard InChI is InChI=1S/C65H84F4N12O8S/c1-40-36-80(37-41(2)77(40)7)52-32-50(66)47(30-51(52)75-61(87)48-35-72-57(85)31-49(48)65(67,68)69)45-20-21-54(71-34-45)78-25-27-79(28-26-78)58(86)23-22-55(83)70-24-14-12-10-8-9-11-13-15-56(84)76-60(64(4,5)6)63(89)81-38-46(82)29-53(81)62(88)73-33-43-16-18-44(19-17-43)59-42(3)74-39-90-59/h16-21,30-32,34-35,39-41,46,53,60,82H,8-15,22-29,33,36-38H2,1-7H3,(H,70,83)(H,72,85)(H,73,88)(H,75,87)(H,76,84)/t40-,41+,46-,53+,60?/m1/s1. The van der Waals surface area contributed by atoms with Gasteiger partial charge in [0.1, 0.15) is 23.7 Å². The van der Waals surface area contributed by atoms with Crippen LogP contribution >= 0.6 is 11.3 Å². The van der Waals surface area contributed by atoms with Crippen LogP contribution in [0, 0.1) is 18.2 Å². The maximum atomic E-state index is 16.2. The molecule has 0 spiro atoms. The third kappa shape index (κ3) is 17.8. The molecule has 3 fully saturated rings. The van der Waals surface area contributed by atoms with Crippen LogP contribution in [0.15, 0.2) is 77.3 Å². The topological polar surface area (TPSA) is 246 Å². The van der Waals surface area contributed by atoms with Gasteiger partial charge in [-0.3, -0.25) is 38.5 Å². The lowest BCUT2D eigenvalue weighted by molar-refractivity contribution is -0.144. The molecule has 1 unspecified atom stereocenters. The van der Waals surface area contributed by atoms with E-state index < -0.39 is 64.1 Å². The number of piperazine rings is 2. The van der Waals surface area contributed by atoms with E-state index in [0.29, 0.717) is 75.9 Å². The monoisotopic (exact) mass is 1270 g/mol. The maximum Gasteiger partial charge on any atom is 0.417 e. The number of amides is 6. The number of likely N-dealkylation sites (tertiary alicyclic amines) is 1. The van der Waals surface area contributed by atoms with Crippen LogP contribution in [0.1, 0.15) is 132 Å². The van der Waals surface area contributed by atoms with Gasteiger partial charge in [-0.2, -0.15) is 13.2 Å². The Balaban J connectivity index is 0.707. The summed E-state index contributed by atoms with van der Waals surface area (Å²) in [5, 5.41) is 22.0. The summed E-state index contributed by atoms with van der Waals surface area (Å²) in [6.07, 6.45) is 2.76. The van der Waals surface area contributed by atoms with Crippen LogP contribution in [0.2, 0.25) is 0 Å². The lowest BCUT2D eigenvalue weighted by Gasteiger charge is -2.44. The van der Waals surface area contributed by atoms with E-state index in [4.69, 9.17) is 0 Å². The number of β-amino-alcohol motifs (C(OH)–C–C–N with tert-alkyl or cyclic N) is 1. The number of nitrogens with zero attached hydrogens (tertiary/aromatic N) is 7. The van der Waals surface area contributed by atoms with Gasteiger partial charge in [-0.25, -0.2) is 14.4 Å². The summed E-state index contributed by atoms with van der Waals surface area (Å²) in [5.74, 6) is -2.56. The van der Waals surface area contributed by atoms with E-state index in [1.165, 1.54) is 23.2 Å². The van der Waals surface area contributed by atoms with Gasteiger partial charge in [0.05, 0.1) is 44.7 Å². The fraction of sp³-hybridized carbons (Fsp3) is 0.523. The molecule has 0 saturated carbocycles. The van der Waals surface area contributed by atoms with Gasteiger partial charge in [0.15, 0.2) is 0 Å². The average molecular weight is 1270 g/mol. The number of thiazole rings is 1. The molecule has 90 heavy (non-hydrogen) atoms. The largest absolute Gasteiger partial charge is 0.417 e. The number of hydrogen-bond donors (Lipinski definition) is 6. The first-order valence-electron chi connectivity index (χ1n) is 31.0. The molecule has 3 aliphatic rings. The minimum absolute atomic E-state index is 0.00545. The van der Waals surface area contributed by atoms with E-state index in [1.54, 1.807) is 33.9 Å². The Labute approximate surface area is 526 Å². The molecule has 486 valence electrons. The second kappa shape index (κ2) is 30.4. The van der Waals surface area contributed by atoms with Gasteiger partial charge in [0.2, 0.25) is 35.1 Å². The Bertz CT molecular complexity index is 3370. The van der Waals surface area contributed by atoms with Gasteiger partial charge >= 0.3 is 6.18 Å². The lowest BCUT2D eigenvalue weighted by atomic mass is 9.85. The zero-order valence-corrected chi connectivity index (χ0v) is 53.1. The number of anilines is 3. The zero-order chi connectivity index (χ0) is 65.0. The molecule has 25 heteroatoms. The highest BCUT2D eigenvalue weighted by Crippen LogP contribution is 2.38. The molecule has 0 bridgehead atoms. The number of benzene rings is 2. The van der Waals surface area contributed by atoms with Crippen molar-refractivity contribution in [3.05, 3.63) is 111 Å². The molecule has 3 saturated heterocycles. The predicted octanol–water partition coefficient (Wildman–Crippen LogP) is 8.28. The number of nitrogens with one attached hydrogen (secondary N) is 5. The molecule has 3 aromatic heterocycles. The van der Waals surface area contributed by atoms with Crippen molar-refractivity contribution in [2.75, 3.05) is 74.5 Å². The van der Waals surface area contributed by atoms with Crippen LogP contribution in [0.25, 0.3) is 21.6 Å². The molecule has 6 heterocycles. The third-order valence-electron chi connectivity index (χ3n) is 17.2. The molecule has 3 aliphatic heterocycles. The molecular weight excluding hydrogens is 1180 g/mol. The molecule has 2 aromatic carbocycles. The second-order valence-corrected chi connectivity index (χ2v) is 25.8. The minimum Gasteiger partial charge on any atom is -0.391 e. The highest BCUT2D eigenvalue weighted by molar-refractivity contribution is 7.13. The van der Waals surface area contributed by atoms with Crippen LogP contribution in [-0.2, 0) is 36.7 Å². The predicted molar refractivity (Wildman–Crippen MR) is 338 cm³/mol. The van der Waals surface area contributed by atoms with Crippen molar-refractivity contribution < 1.29 is 51.4 Å². The first-order chi connectivity index (χ1) is 42.7. The second-order valence-electron chi connectivity index (χ2n) is 25.0. The number of rotatable bonds is 24. The van der Waals surface area contributed by atoms with Crippen LogP contribution in [0.4, 0.5) is 34.8 Å². The number of pyridine rings is 2. The Morgan fingerprint density at radius 2 is 1.46 bits per heavy atom. The molecule has 20 nitrogen and oxygen atoms in total. The number of aliphatic hydroxyl groups excluding tert-OH is 1. The Kier molecular flexibility index (Phi) is 23.0. The van der Waals surface area contributed by atoms with Crippen molar-refractivity contribution >= 4 is 64.0 Å². The van der Waals surface area contributed by atoms with Crippen LogP contribution in [0.5, 0.6) is 0 Å². The summed E-state index contributed by atoms with van der Waals surface area (Å²) in [6.45, 7) is 14.9. The van der Waals surface area contributed by atoms with Crippen molar-refractivity contribution in [2.24, 2.45) is 5.41 Å². The van der Waals surface area contributed by atoms with Gasteiger partial charge in [-0.15, -0.1) is 11.3 Å². The normalized spacial score (nSPS) is 18.5. The first-order valence-corrected chi connectivity index (χ1v) is 31.9. The number of aliphatic hydroxyl groups is 1. The number of hydrogen-bond acceptors (Lipinski definition) is 14. The van der Waals surface area contributed by atoms with Crippen LogP contribution in [0.3, 0.4) is 0 Å². The molecule has 0 radical (unpaired) electrons. The van der Waals surface area contributed by atoms with Crippen molar-refractivity contribution in [2.45, 2.75) is 155 Å². The van der Waals surface area contributed by atoms with Gasteiger partial charge in [0.25, 0.3) is 5.91 Å². The Morgan fingerprint density at radius 1 is 0.789 bits per heavy atom. The third-order valence-corrected chi connectivity index (χ3v) is 18.2. The molecule has 0 aliphatic carbocycles. The van der Waals surface area contributed by atoms with Gasteiger partial charge < -0.3 is 51.0 Å². The number of likely N-dealkylation sites (N-methyl/N-ethyl adjacent to an activating group) is 1. The number of halogens is 4. The van der Waals surface area contributed by atoms with E-state index in [1.807, 2.05) is 82.7 Å². The highest BCUT2D eigenvalue weighted by atomic mass is 32.1. The van der Waals surface area contributed by atoms with E-state index in [0.717, 1.165) is 60.2 Å². The number of H-pyrrole nitrogens is 1. The van der Waals surface area contributed by atoms with Gasteiger partial charge in [-0.1, -0.05) is 77.1 Å². The lowest BCUT2D eigenvalue weighted by Crippen LogP contribution is -2.57. The minimum atomic E-state index is -5.00. The summed E-state index contributed by atoms with van der Waals surface area (Å²) in [5.41, 5.74) is 1.54. The SMILES string of the molecule is Cc1ncsc1-c1ccc(CNC(=O)[C@@H]2C[C@@H](O)CN2C(=O)C(NC(=O)CCCCCCCCCNC(=O)CCC(=O)N2CCN(c3ccc(-c4cc(NC(=O)c5c[nH]c(=O)cc5C(F)(F)F)c(N5C[C@@H](C)N(C)[C@@H](C)C5)cc4F)cn3)CC2)C(C)(C)C)cc1. The van der Waals surface area contributed by atoms with Crippen molar-refractivity contribution in [3.8, 4) is 21.6 Å². The summed E-state index contributed by atoms with van der Waals surface area (Å²) in [6, 6.07) is 12.5. The maximum absolute atomic E-state index is 16.2. The van der Waals surface area contributed by atoms with Crippen molar-refractivity contribution in [3.63, 3.8) is 0 Å². The smallest absolute Gasteiger partial charge is 0.391 e. The van der Waals surface area contributed by atoms with Crippen molar-refractivity contribution in [1.82, 2.24) is 45.6 Å². The Morgan fingerprint density at radius 3 is 2.09 bits per heavy atom. The molecule has 8 rings (SSSR count). The molecule has 5 aromatic rings. The van der Waals surface area contributed by atoms with E-state index in [9.17, 15) is 51.8 Å². The quantitative estimate of drug-likeness (QED) is 0.0252. The van der Waals surface area contributed by atoms with Gasteiger partial charge in [0, 0.05) is 126 Å². The fourth-order valence-corrected chi connectivity index (χ4v) is 12.6. The average Bonchev–Trinajstić information content (AvgIpc) is 1.08. The number of alkyl halides is 3. The summed E-state index contributed by atoms with van der Waals surface area (Å²) in [4.78, 5) is 113. The number of aryl methyl sites for hydroxylation is 1. The Hall–Kier alpha value is -7.77. The number of unbranched alkanes of at least 4 members (excludes halogenated alkanes) is 6. The number of aromatic amines is 1. The molecular formula is C65H84F4N12O8S. The molecule has 6 amide bonds. The van der Waals surface area contributed by atoms with E-state index in [-0.39, 0.29) is 91.4 Å². The summed E-state index contributed by atoms with van der Waals surface area (Å²) in [7, 11) is 1.97. The van der Waals surface area contributed by atoms with Gasteiger partial charge in [-0.05, 0) is 81.5 Å². The van der Waals surface area contributed by atoms with E-state index in [2.05, 4.69) is 41.1 Å².